The van der Waals surface area contributed by atoms with Gasteiger partial charge < -0.3 is 5.11 Å². The maximum atomic E-state index is 11.9. The number of rotatable bonds is 4. The Bertz CT molecular complexity index is 427. The minimum absolute atomic E-state index is 0.150. The first-order chi connectivity index (χ1) is 9.11. The van der Waals surface area contributed by atoms with Crippen LogP contribution in [0.1, 0.15) is 50.5 Å². The van der Waals surface area contributed by atoms with Crippen LogP contribution in [-0.4, -0.2) is 17.0 Å². The molecule has 0 saturated heterocycles. The molecular weight excluding hydrogens is 260 g/mol. The minimum atomic E-state index is -0.492. The Labute approximate surface area is 119 Å². The quantitative estimate of drug-likeness (QED) is 0.907. The van der Waals surface area contributed by atoms with Crippen LogP contribution >= 0.6 is 11.6 Å². The molecule has 0 bridgehead atoms. The molecule has 2 nitrogen and oxygen atoms in total. The van der Waals surface area contributed by atoms with Gasteiger partial charge in [0.2, 0.25) is 0 Å². The first-order valence-corrected chi connectivity index (χ1v) is 7.45. The number of Topliss-reactive ketones (excluding diaryl/α,β-unsaturated/α-hetero) is 1. The summed E-state index contributed by atoms with van der Waals surface area (Å²) in [6, 6.07) is 7.82. The molecule has 0 aliphatic heterocycles. The predicted molar refractivity (Wildman–Crippen MR) is 77.5 cm³/mol. The van der Waals surface area contributed by atoms with Crippen LogP contribution in [0.25, 0.3) is 0 Å². The molecular formula is C16H21ClO2. The molecule has 104 valence electrons. The lowest BCUT2D eigenvalue weighted by molar-refractivity contribution is -0.128. The van der Waals surface area contributed by atoms with Gasteiger partial charge in [-0.3, -0.25) is 4.79 Å². The molecule has 2 rings (SSSR count). The van der Waals surface area contributed by atoms with E-state index < -0.39 is 6.10 Å². The smallest absolute Gasteiger partial charge is 0.138 e. The Kier molecular flexibility index (Phi) is 5.00. The van der Waals surface area contributed by atoms with Crippen LogP contribution < -0.4 is 0 Å². The fraction of sp³-hybridized carbons (Fsp3) is 0.562. The molecule has 0 aromatic heterocycles. The topological polar surface area (TPSA) is 37.3 Å². The van der Waals surface area contributed by atoms with Crippen molar-refractivity contribution in [3.05, 3.63) is 34.9 Å². The monoisotopic (exact) mass is 280 g/mol. The zero-order valence-electron chi connectivity index (χ0n) is 11.3. The van der Waals surface area contributed by atoms with E-state index in [4.69, 9.17) is 11.6 Å². The van der Waals surface area contributed by atoms with Crippen molar-refractivity contribution in [1.29, 1.82) is 0 Å². The summed E-state index contributed by atoms with van der Waals surface area (Å²) in [7, 11) is 0. The Morgan fingerprint density at radius 3 is 2.58 bits per heavy atom. The lowest BCUT2D eigenvalue weighted by atomic mass is 9.75. The van der Waals surface area contributed by atoms with Gasteiger partial charge in [0.15, 0.2) is 0 Å². The van der Waals surface area contributed by atoms with E-state index in [9.17, 15) is 9.90 Å². The highest BCUT2D eigenvalue weighted by atomic mass is 35.5. The summed E-state index contributed by atoms with van der Waals surface area (Å²) in [4.78, 5) is 11.9. The van der Waals surface area contributed by atoms with E-state index in [1.807, 2.05) is 31.2 Å². The lowest BCUT2D eigenvalue weighted by Gasteiger charge is -2.32. The van der Waals surface area contributed by atoms with Crippen LogP contribution in [0.2, 0.25) is 5.02 Å². The number of hydrogen-bond donors (Lipinski definition) is 1. The van der Waals surface area contributed by atoms with Crippen molar-refractivity contribution in [1.82, 2.24) is 0 Å². The molecule has 19 heavy (non-hydrogen) atoms. The molecule has 1 saturated carbocycles. The van der Waals surface area contributed by atoms with E-state index in [-0.39, 0.29) is 11.7 Å². The number of ketones is 1. The van der Waals surface area contributed by atoms with Gasteiger partial charge >= 0.3 is 0 Å². The summed E-state index contributed by atoms with van der Waals surface area (Å²) in [6.45, 7) is 2.00. The molecule has 0 amide bonds. The number of aliphatic hydroxyl groups is 1. The maximum absolute atomic E-state index is 11.9. The Hall–Kier alpha value is -0.860. The van der Waals surface area contributed by atoms with Crippen molar-refractivity contribution in [2.24, 2.45) is 5.92 Å². The summed E-state index contributed by atoms with van der Waals surface area (Å²) >= 11 is 5.88. The molecule has 1 aromatic carbocycles. The van der Waals surface area contributed by atoms with Gasteiger partial charge in [0.1, 0.15) is 5.78 Å². The van der Waals surface area contributed by atoms with Gasteiger partial charge in [0.05, 0.1) is 6.10 Å². The zero-order valence-corrected chi connectivity index (χ0v) is 12.1. The van der Waals surface area contributed by atoms with Crippen LogP contribution in [0.4, 0.5) is 0 Å². The lowest BCUT2D eigenvalue weighted by Crippen LogP contribution is -2.34. The summed E-state index contributed by atoms with van der Waals surface area (Å²) in [5.74, 6) is 0.422. The fourth-order valence-electron chi connectivity index (χ4n) is 2.99. The standard InChI is InChI=1S/C16H21ClO2/c1-2-3-15(18)14-9-6-12(10-16(14)19)11-4-7-13(17)8-5-11/h4-5,7-8,12,14,16,19H,2-3,6,9-10H2,1H3. The van der Waals surface area contributed by atoms with Gasteiger partial charge in [-0.25, -0.2) is 0 Å². The molecule has 3 heteroatoms. The first-order valence-electron chi connectivity index (χ1n) is 7.08. The Morgan fingerprint density at radius 2 is 2.00 bits per heavy atom. The van der Waals surface area contributed by atoms with Gasteiger partial charge in [-0.1, -0.05) is 30.7 Å². The van der Waals surface area contributed by atoms with Gasteiger partial charge in [0, 0.05) is 17.4 Å². The van der Waals surface area contributed by atoms with Crippen molar-refractivity contribution in [3.8, 4) is 0 Å². The van der Waals surface area contributed by atoms with Gasteiger partial charge in [-0.05, 0) is 49.3 Å². The van der Waals surface area contributed by atoms with E-state index in [1.165, 1.54) is 5.56 Å². The zero-order chi connectivity index (χ0) is 13.8. The van der Waals surface area contributed by atoms with Gasteiger partial charge in [-0.2, -0.15) is 0 Å². The first kappa shape index (κ1) is 14.5. The highest BCUT2D eigenvalue weighted by Gasteiger charge is 2.33. The van der Waals surface area contributed by atoms with E-state index in [1.54, 1.807) is 0 Å². The second kappa shape index (κ2) is 6.53. The Morgan fingerprint density at radius 1 is 1.32 bits per heavy atom. The SMILES string of the molecule is CCCC(=O)C1CCC(c2ccc(Cl)cc2)CC1O. The maximum Gasteiger partial charge on any atom is 0.138 e. The summed E-state index contributed by atoms with van der Waals surface area (Å²) in [6.07, 6.45) is 3.41. The molecule has 1 aliphatic carbocycles. The number of aliphatic hydroxyl groups excluding tert-OH is 1. The van der Waals surface area contributed by atoms with Crippen molar-refractivity contribution in [2.75, 3.05) is 0 Å². The minimum Gasteiger partial charge on any atom is -0.392 e. The number of halogens is 1. The van der Waals surface area contributed by atoms with Crippen LogP contribution in [0.3, 0.4) is 0 Å². The van der Waals surface area contributed by atoms with E-state index >= 15 is 0 Å². The largest absolute Gasteiger partial charge is 0.392 e. The average molecular weight is 281 g/mol. The second-order valence-corrected chi connectivity index (χ2v) is 5.89. The van der Waals surface area contributed by atoms with Gasteiger partial charge in [0.25, 0.3) is 0 Å². The fourth-order valence-corrected chi connectivity index (χ4v) is 3.12. The average Bonchev–Trinajstić information content (AvgIpc) is 2.39. The number of hydrogen-bond acceptors (Lipinski definition) is 2. The number of benzene rings is 1. The van der Waals surface area contributed by atoms with Crippen LogP contribution in [0, 0.1) is 5.92 Å². The third-order valence-electron chi connectivity index (χ3n) is 4.07. The van der Waals surface area contributed by atoms with E-state index in [0.29, 0.717) is 18.8 Å². The van der Waals surface area contributed by atoms with E-state index in [0.717, 1.165) is 24.3 Å². The molecule has 0 heterocycles. The summed E-state index contributed by atoms with van der Waals surface area (Å²) < 4.78 is 0. The summed E-state index contributed by atoms with van der Waals surface area (Å²) in [5, 5.41) is 10.9. The molecule has 0 spiro atoms. The van der Waals surface area contributed by atoms with Crippen LogP contribution in [0.5, 0.6) is 0 Å². The molecule has 1 N–H and O–H groups in total. The predicted octanol–water partition coefficient (Wildman–Crippen LogP) is 3.95. The van der Waals surface area contributed by atoms with Crippen molar-refractivity contribution in [3.63, 3.8) is 0 Å². The number of carbonyl (C=O) groups excluding carboxylic acids is 1. The van der Waals surface area contributed by atoms with E-state index in [2.05, 4.69) is 0 Å². The molecule has 1 fully saturated rings. The number of carbonyl (C=O) groups is 1. The molecule has 1 aromatic rings. The normalized spacial score (nSPS) is 27.2. The molecule has 1 aliphatic rings. The molecule has 3 atom stereocenters. The highest BCUT2D eigenvalue weighted by Crippen LogP contribution is 2.37. The second-order valence-electron chi connectivity index (χ2n) is 5.45. The third kappa shape index (κ3) is 3.58. The highest BCUT2D eigenvalue weighted by molar-refractivity contribution is 6.30. The van der Waals surface area contributed by atoms with Crippen molar-refractivity contribution >= 4 is 17.4 Å². The van der Waals surface area contributed by atoms with Crippen LogP contribution in [-0.2, 0) is 4.79 Å². The summed E-state index contributed by atoms with van der Waals surface area (Å²) in [5.41, 5.74) is 1.21. The Balaban J connectivity index is 1.99. The third-order valence-corrected chi connectivity index (χ3v) is 4.32. The van der Waals surface area contributed by atoms with Crippen molar-refractivity contribution < 1.29 is 9.90 Å². The molecule has 3 unspecified atom stereocenters. The van der Waals surface area contributed by atoms with Gasteiger partial charge in [-0.15, -0.1) is 0 Å². The van der Waals surface area contributed by atoms with Crippen molar-refractivity contribution in [2.45, 2.75) is 51.0 Å². The molecule has 0 radical (unpaired) electrons. The van der Waals surface area contributed by atoms with Crippen LogP contribution in [0.15, 0.2) is 24.3 Å².